The lowest BCUT2D eigenvalue weighted by molar-refractivity contribution is -0.120. The van der Waals surface area contributed by atoms with E-state index in [1.807, 2.05) is 55.5 Å². The van der Waals surface area contributed by atoms with Gasteiger partial charge >= 0.3 is 0 Å². The molecule has 2 aromatic carbocycles. The maximum atomic E-state index is 12.5. The molecule has 1 saturated heterocycles. The maximum absolute atomic E-state index is 12.5. The smallest absolute Gasteiger partial charge is 0.227 e. The largest absolute Gasteiger partial charge is 0.489 e. The van der Waals surface area contributed by atoms with E-state index in [4.69, 9.17) is 4.74 Å². The monoisotopic (exact) mass is 338 g/mol. The third-order valence-electron chi connectivity index (χ3n) is 4.70. The van der Waals surface area contributed by atoms with Crippen molar-refractivity contribution in [3.05, 3.63) is 59.7 Å². The second-order valence-corrected chi connectivity index (χ2v) is 6.82. The van der Waals surface area contributed by atoms with Gasteiger partial charge in [0.25, 0.3) is 0 Å². The van der Waals surface area contributed by atoms with Gasteiger partial charge in [-0.1, -0.05) is 30.3 Å². The summed E-state index contributed by atoms with van der Waals surface area (Å²) in [6.07, 6.45) is 1.79. The molecule has 0 bridgehead atoms. The quantitative estimate of drug-likeness (QED) is 0.869. The predicted octanol–water partition coefficient (Wildman–Crippen LogP) is 3.90. The Morgan fingerprint density at radius 3 is 2.76 bits per heavy atom. The van der Waals surface area contributed by atoms with Gasteiger partial charge in [0.1, 0.15) is 12.4 Å². The van der Waals surface area contributed by atoms with Crippen LogP contribution in [0.1, 0.15) is 30.9 Å². The number of ether oxygens (including phenoxy) is 1. The van der Waals surface area contributed by atoms with Gasteiger partial charge in [-0.15, -0.1) is 0 Å². The number of benzene rings is 2. The summed E-state index contributed by atoms with van der Waals surface area (Å²) < 4.78 is 5.84. The molecule has 0 aromatic heterocycles. The highest BCUT2D eigenvalue weighted by Crippen LogP contribution is 2.24. The molecule has 0 aliphatic carbocycles. The van der Waals surface area contributed by atoms with Crippen LogP contribution in [0.5, 0.6) is 5.75 Å². The first kappa shape index (κ1) is 17.5. The van der Waals surface area contributed by atoms with Crippen LogP contribution in [0.2, 0.25) is 0 Å². The topological polar surface area (TPSA) is 50.4 Å². The zero-order chi connectivity index (χ0) is 17.6. The number of hydrogen-bond donors (Lipinski definition) is 2. The molecule has 4 nitrogen and oxygen atoms in total. The lowest BCUT2D eigenvalue weighted by atomic mass is 9.92. The molecule has 0 saturated carbocycles. The standard InChI is InChI=1S/C21H26N2O2/c1-15-12-19(25-14-17-6-4-3-5-7-17)8-9-20(15)23-21(24)18-10-11-22-16(2)13-18/h3-9,12,16,18,22H,10-11,13-14H2,1-2H3,(H,23,24)/t16-,18-/m0/s1. The van der Waals surface area contributed by atoms with Crippen molar-refractivity contribution in [3.8, 4) is 5.75 Å². The van der Waals surface area contributed by atoms with Crippen LogP contribution in [0.25, 0.3) is 0 Å². The van der Waals surface area contributed by atoms with Gasteiger partial charge in [0.2, 0.25) is 5.91 Å². The van der Waals surface area contributed by atoms with Crippen molar-refractivity contribution in [1.29, 1.82) is 0 Å². The van der Waals surface area contributed by atoms with E-state index in [1.54, 1.807) is 0 Å². The molecular weight excluding hydrogens is 312 g/mol. The lowest BCUT2D eigenvalue weighted by Gasteiger charge is -2.27. The number of carbonyl (C=O) groups excluding carboxylic acids is 1. The summed E-state index contributed by atoms with van der Waals surface area (Å²) in [5.41, 5.74) is 3.02. The van der Waals surface area contributed by atoms with Crippen molar-refractivity contribution in [2.24, 2.45) is 5.92 Å². The molecule has 25 heavy (non-hydrogen) atoms. The summed E-state index contributed by atoms with van der Waals surface area (Å²) in [6.45, 7) is 5.57. The summed E-state index contributed by atoms with van der Waals surface area (Å²) in [5, 5.41) is 6.46. The first-order chi connectivity index (χ1) is 12.1. The normalized spacial score (nSPS) is 20.1. The Morgan fingerprint density at radius 1 is 1.24 bits per heavy atom. The van der Waals surface area contributed by atoms with Crippen LogP contribution < -0.4 is 15.4 Å². The van der Waals surface area contributed by atoms with Crippen molar-refractivity contribution in [2.75, 3.05) is 11.9 Å². The van der Waals surface area contributed by atoms with Gasteiger partial charge in [-0.2, -0.15) is 0 Å². The molecule has 2 N–H and O–H groups in total. The summed E-state index contributed by atoms with van der Waals surface area (Å²) in [5.74, 6) is 1.02. The number of rotatable bonds is 5. The predicted molar refractivity (Wildman–Crippen MR) is 101 cm³/mol. The van der Waals surface area contributed by atoms with Gasteiger partial charge in [0.05, 0.1) is 0 Å². The minimum absolute atomic E-state index is 0.0876. The molecule has 1 heterocycles. The third-order valence-corrected chi connectivity index (χ3v) is 4.70. The van der Waals surface area contributed by atoms with Gasteiger partial charge < -0.3 is 15.4 Å². The summed E-state index contributed by atoms with van der Waals surface area (Å²) >= 11 is 0. The Hall–Kier alpha value is -2.33. The molecule has 1 fully saturated rings. The fourth-order valence-electron chi connectivity index (χ4n) is 3.21. The summed E-state index contributed by atoms with van der Waals surface area (Å²) in [6, 6.07) is 16.3. The molecule has 1 amide bonds. The SMILES string of the molecule is Cc1cc(OCc2ccccc2)ccc1NC(=O)[C@H]1CCN[C@@H](C)C1. The van der Waals surface area contributed by atoms with Crippen LogP contribution >= 0.6 is 0 Å². The van der Waals surface area contributed by atoms with Crippen molar-refractivity contribution in [1.82, 2.24) is 5.32 Å². The number of nitrogens with one attached hydrogen (secondary N) is 2. The fourth-order valence-corrected chi connectivity index (χ4v) is 3.21. The Kier molecular flexibility index (Phi) is 5.71. The molecular formula is C21H26N2O2. The third kappa shape index (κ3) is 4.83. The van der Waals surface area contributed by atoms with Crippen LogP contribution in [0.4, 0.5) is 5.69 Å². The Morgan fingerprint density at radius 2 is 2.04 bits per heavy atom. The highest BCUT2D eigenvalue weighted by Gasteiger charge is 2.24. The van der Waals surface area contributed by atoms with E-state index in [0.29, 0.717) is 12.6 Å². The second-order valence-electron chi connectivity index (χ2n) is 6.82. The second kappa shape index (κ2) is 8.17. The number of aryl methyl sites for hydroxylation is 1. The molecule has 4 heteroatoms. The van der Waals surface area contributed by atoms with Crippen molar-refractivity contribution in [2.45, 2.75) is 39.3 Å². The summed E-state index contributed by atoms with van der Waals surface area (Å²) in [7, 11) is 0. The van der Waals surface area contributed by atoms with Gasteiger partial charge in [0.15, 0.2) is 0 Å². The van der Waals surface area contributed by atoms with Crippen LogP contribution in [-0.2, 0) is 11.4 Å². The number of piperidine rings is 1. The number of amides is 1. The zero-order valence-electron chi connectivity index (χ0n) is 14.9. The first-order valence-electron chi connectivity index (χ1n) is 8.93. The van der Waals surface area contributed by atoms with E-state index in [1.165, 1.54) is 0 Å². The van der Waals surface area contributed by atoms with Crippen LogP contribution in [0.15, 0.2) is 48.5 Å². The van der Waals surface area contributed by atoms with Crippen molar-refractivity contribution >= 4 is 11.6 Å². The first-order valence-corrected chi connectivity index (χ1v) is 8.93. The van der Waals surface area contributed by atoms with Crippen molar-refractivity contribution < 1.29 is 9.53 Å². The maximum Gasteiger partial charge on any atom is 0.227 e. The van der Waals surface area contributed by atoms with Crippen LogP contribution in [-0.4, -0.2) is 18.5 Å². The minimum Gasteiger partial charge on any atom is -0.489 e. The van der Waals surface area contributed by atoms with Gasteiger partial charge in [-0.05, 0) is 62.6 Å². The van der Waals surface area contributed by atoms with Crippen molar-refractivity contribution in [3.63, 3.8) is 0 Å². The van der Waals surface area contributed by atoms with E-state index in [-0.39, 0.29) is 11.8 Å². The molecule has 132 valence electrons. The van der Waals surface area contributed by atoms with E-state index in [0.717, 1.165) is 42.0 Å². The molecule has 3 rings (SSSR count). The molecule has 0 spiro atoms. The lowest BCUT2D eigenvalue weighted by Crippen LogP contribution is -2.40. The molecule has 1 aliphatic rings. The number of hydrogen-bond acceptors (Lipinski definition) is 3. The van der Waals surface area contributed by atoms with E-state index in [9.17, 15) is 4.79 Å². The Bertz CT molecular complexity index is 715. The van der Waals surface area contributed by atoms with E-state index >= 15 is 0 Å². The highest BCUT2D eigenvalue weighted by molar-refractivity contribution is 5.93. The number of carbonyl (C=O) groups is 1. The van der Waals surface area contributed by atoms with E-state index < -0.39 is 0 Å². The molecule has 2 atom stereocenters. The van der Waals surface area contributed by atoms with Gasteiger partial charge in [-0.3, -0.25) is 4.79 Å². The average Bonchev–Trinajstić information content (AvgIpc) is 2.63. The zero-order valence-corrected chi connectivity index (χ0v) is 14.9. The van der Waals surface area contributed by atoms with Gasteiger partial charge in [0, 0.05) is 17.6 Å². The fraction of sp³-hybridized carbons (Fsp3) is 0.381. The van der Waals surface area contributed by atoms with Crippen LogP contribution in [0.3, 0.4) is 0 Å². The molecule has 0 unspecified atom stereocenters. The molecule has 1 aliphatic heterocycles. The molecule has 0 radical (unpaired) electrons. The van der Waals surface area contributed by atoms with Gasteiger partial charge in [-0.25, -0.2) is 0 Å². The minimum atomic E-state index is 0.0876. The Labute approximate surface area is 149 Å². The van der Waals surface area contributed by atoms with Crippen LogP contribution in [0, 0.1) is 12.8 Å². The Balaban J connectivity index is 1.58. The average molecular weight is 338 g/mol. The summed E-state index contributed by atoms with van der Waals surface area (Å²) in [4.78, 5) is 12.5. The highest BCUT2D eigenvalue weighted by atomic mass is 16.5. The van der Waals surface area contributed by atoms with E-state index in [2.05, 4.69) is 17.6 Å². The number of anilines is 1. The molecule has 2 aromatic rings.